The largest absolute Gasteiger partial charge is 0.356 e. The van der Waals surface area contributed by atoms with Crippen molar-refractivity contribution in [2.45, 2.75) is 45.4 Å². The Bertz CT molecular complexity index is 219. The summed E-state index contributed by atoms with van der Waals surface area (Å²) in [6.07, 6.45) is 6.35. The molecule has 1 heterocycles. The summed E-state index contributed by atoms with van der Waals surface area (Å²) < 4.78 is 0. The van der Waals surface area contributed by atoms with Gasteiger partial charge in [0.25, 0.3) is 0 Å². The number of carbonyl (C=O) groups is 1. The Hall–Kier alpha value is -0.220. The average molecular weight is 272 g/mol. The van der Waals surface area contributed by atoms with E-state index in [1.165, 1.54) is 24.3 Å². The van der Waals surface area contributed by atoms with Gasteiger partial charge >= 0.3 is 0 Å². The second kappa shape index (κ2) is 9.68. The van der Waals surface area contributed by atoms with Gasteiger partial charge in [0.1, 0.15) is 0 Å². The molecule has 0 aromatic carbocycles. The average Bonchev–Trinajstić information content (AvgIpc) is 2.42. The van der Waals surface area contributed by atoms with Crippen molar-refractivity contribution >= 4 is 17.7 Å². The number of amides is 1. The lowest BCUT2D eigenvalue weighted by molar-refractivity contribution is -0.121. The van der Waals surface area contributed by atoms with Crippen molar-refractivity contribution < 1.29 is 4.79 Å². The maximum atomic E-state index is 11.8. The smallest absolute Gasteiger partial charge is 0.220 e. The fraction of sp³-hybridized carbons (Fsp3) is 0.929. The van der Waals surface area contributed by atoms with E-state index in [0.717, 1.165) is 32.4 Å². The van der Waals surface area contributed by atoms with E-state index in [1.54, 1.807) is 0 Å². The second-order valence-electron chi connectivity index (χ2n) is 5.25. The highest BCUT2D eigenvalue weighted by atomic mass is 32.2. The van der Waals surface area contributed by atoms with Crippen molar-refractivity contribution in [3.05, 3.63) is 0 Å². The lowest BCUT2D eigenvalue weighted by atomic mass is 9.96. The first-order valence-electron chi connectivity index (χ1n) is 7.30. The molecule has 0 saturated carbocycles. The molecule has 106 valence electrons. The minimum atomic E-state index is 0.226. The van der Waals surface area contributed by atoms with Crippen molar-refractivity contribution in [3.63, 3.8) is 0 Å². The molecule has 1 amide bonds. The first-order chi connectivity index (χ1) is 8.76. The van der Waals surface area contributed by atoms with Gasteiger partial charge in [0.15, 0.2) is 0 Å². The van der Waals surface area contributed by atoms with E-state index in [9.17, 15) is 4.79 Å². The van der Waals surface area contributed by atoms with Crippen LogP contribution in [0, 0.1) is 11.8 Å². The molecular weight excluding hydrogens is 244 g/mol. The molecule has 0 aliphatic carbocycles. The Morgan fingerprint density at radius 1 is 1.39 bits per heavy atom. The van der Waals surface area contributed by atoms with E-state index in [0.29, 0.717) is 18.3 Å². The first kappa shape index (κ1) is 15.8. The standard InChI is InChI=1S/C14H28N2OS/c1-2-12(5-8-15)3-4-14(17)16-11-13-6-9-18-10-7-13/h12-13H,2-11,15H2,1H3,(H,16,17). The molecule has 0 aromatic heterocycles. The third-order valence-electron chi connectivity index (χ3n) is 3.86. The lowest BCUT2D eigenvalue weighted by Crippen LogP contribution is -2.31. The normalized spacial score (nSPS) is 18.6. The topological polar surface area (TPSA) is 55.1 Å². The molecule has 1 fully saturated rings. The molecule has 0 radical (unpaired) electrons. The van der Waals surface area contributed by atoms with Crippen LogP contribution < -0.4 is 11.1 Å². The number of hydrogen-bond donors (Lipinski definition) is 2. The highest BCUT2D eigenvalue weighted by molar-refractivity contribution is 7.99. The van der Waals surface area contributed by atoms with Crippen molar-refractivity contribution in [2.75, 3.05) is 24.6 Å². The van der Waals surface area contributed by atoms with Crippen LogP contribution in [0.3, 0.4) is 0 Å². The zero-order chi connectivity index (χ0) is 13.2. The number of nitrogens with two attached hydrogens (primary N) is 1. The van der Waals surface area contributed by atoms with Gasteiger partial charge in [-0.05, 0) is 55.6 Å². The molecule has 4 heteroatoms. The van der Waals surface area contributed by atoms with Gasteiger partial charge in [0.05, 0.1) is 0 Å². The summed E-state index contributed by atoms with van der Waals surface area (Å²) in [6, 6.07) is 0. The molecule has 0 bridgehead atoms. The summed E-state index contributed by atoms with van der Waals surface area (Å²) in [5.74, 6) is 4.07. The van der Waals surface area contributed by atoms with Gasteiger partial charge in [-0.3, -0.25) is 4.79 Å². The van der Waals surface area contributed by atoms with Crippen LogP contribution in [0.25, 0.3) is 0 Å². The summed E-state index contributed by atoms with van der Waals surface area (Å²) in [5, 5.41) is 3.09. The molecule has 18 heavy (non-hydrogen) atoms. The third kappa shape index (κ3) is 6.64. The number of thioether (sulfide) groups is 1. The summed E-state index contributed by atoms with van der Waals surface area (Å²) in [7, 11) is 0. The Balaban J connectivity index is 2.08. The second-order valence-corrected chi connectivity index (χ2v) is 6.47. The molecular formula is C14H28N2OS. The van der Waals surface area contributed by atoms with Gasteiger partial charge in [-0.1, -0.05) is 13.3 Å². The van der Waals surface area contributed by atoms with Crippen molar-refractivity contribution in [2.24, 2.45) is 17.6 Å². The number of carbonyl (C=O) groups excluding carboxylic acids is 1. The molecule has 1 atom stereocenters. The Morgan fingerprint density at radius 3 is 2.72 bits per heavy atom. The van der Waals surface area contributed by atoms with Crippen LogP contribution in [0.5, 0.6) is 0 Å². The van der Waals surface area contributed by atoms with E-state index in [1.807, 2.05) is 11.8 Å². The van der Waals surface area contributed by atoms with Crippen molar-refractivity contribution in [3.8, 4) is 0 Å². The molecule has 1 saturated heterocycles. The van der Waals surface area contributed by atoms with Gasteiger partial charge in [-0.2, -0.15) is 11.8 Å². The SMILES string of the molecule is CCC(CCN)CCC(=O)NCC1CCSCC1. The van der Waals surface area contributed by atoms with E-state index in [-0.39, 0.29) is 5.91 Å². The lowest BCUT2D eigenvalue weighted by Gasteiger charge is -2.21. The van der Waals surface area contributed by atoms with Crippen LogP contribution in [0.2, 0.25) is 0 Å². The van der Waals surface area contributed by atoms with Gasteiger partial charge in [-0.25, -0.2) is 0 Å². The molecule has 0 aromatic rings. The molecule has 1 aliphatic heterocycles. The van der Waals surface area contributed by atoms with Crippen LogP contribution in [0.15, 0.2) is 0 Å². The van der Waals surface area contributed by atoms with Gasteiger partial charge < -0.3 is 11.1 Å². The highest BCUT2D eigenvalue weighted by Gasteiger charge is 2.15. The molecule has 0 spiro atoms. The Morgan fingerprint density at radius 2 is 2.11 bits per heavy atom. The maximum absolute atomic E-state index is 11.8. The zero-order valence-electron chi connectivity index (χ0n) is 11.6. The molecule has 3 N–H and O–H groups in total. The quantitative estimate of drug-likeness (QED) is 0.713. The van der Waals surface area contributed by atoms with Gasteiger partial charge in [0, 0.05) is 13.0 Å². The Kier molecular flexibility index (Phi) is 8.51. The minimum Gasteiger partial charge on any atom is -0.356 e. The summed E-state index contributed by atoms with van der Waals surface area (Å²) in [6.45, 7) is 3.80. The van der Waals surface area contributed by atoms with Crippen LogP contribution >= 0.6 is 11.8 Å². The number of hydrogen-bond acceptors (Lipinski definition) is 3. The fourth-order valence-corrected chi connectivity index (χ4v) is 3.62. The van der Waals surface area contributed by atoms with Gasteiger partial charge in [0.2, 0.25) is 5.91 Å². The van der Waals surface area contributed by atoms with Crippen LogP contribution in [0.1, 0.15) is 45.4 Å². The maximum Gasteiger partial charge on any atom is 0.220 e. The predicted octanol–water partition coefficient (Wildman–Crippen LogP) is 2.40. The van der Waals surface area contributed by atoms with E-state index in [4.69, 9.17) is 5.73 Å². The third-order valence-corrected chi connectivity index (χ3v) is 4.91. The van der Waals surface area contributed by atoms with E-state index in [2.05, 4.69) is 12.2 Å². The van der Waals surface area contributed by atoms with Crippen molar-refractivity contribution in [1.82, 2.24) is 5.32 Å². The van der Waals surface area contributed by atoms with Crippen LogP contribution in [-0.2, 0) is 4.79 Å². The zero-order valence-corrected chi connectivity index (χ0v) is 12.4. The molecule has 1 aliphatic rings. The molecule has 3 nitrogen and oxygen atoms in total. The van der Waals surface area contributed by atoms with Crippen molar-refractivity contribution in [1.29, 1.82) is 0 Å². The van der Waals surface area contributed by atoms with Gasteiger partial charge in [-0.15, -0.1) is 0 Å². The van der Waals surface area contributed by atoms with Crippen LogP contribution in [-0.4, -0.2) is 30.5 Å². The summed E-state index contributed by atoms with van der Waals surface area (Å²) in [4.78, 5) is 11.8. The number of nitrogens with one attached hydrogen (secondary N) is 1. The highest BCUT2D eigenvalue weighted by Crippen LogP contribution is 2.22. The molecule has 1 unspecified atom stereocenters. The van der Waals surface area contributed by atoms with Crippen LogP contribution in [0.4, 0.5) is 0 Å². The number of rotatable bonds is 8. The van der Waals surface area contributed by atoms with E-state index >= 15 is 0 Å². The molecule has 1 rings (SSSR count). The van der Waals surface area contributed by atoms with E-state index < -0.39 is 0 Å². The summed E-state index contributed by atoms with van der Waals surface area (Å²) >= 11 is 2.03. The monoisotopic (exact) mass is 272 g/mol. The summed E-state index contributed by atoms with van der Waals surface area (Å²) in [5.41, 5.74) is 5.57. The first-order valence-corrected chi connectivity index (χ1v) is 8.46. The predicted molar refractivity (Wildman–Crippen MR) is 79.7 cm³/mol. The minimum absolute atomic E-state index is 0.226. The Labute approximate surface area is 116 Å². The fourth-order valence-electron chi connectivity index (χ4n) is 2.42.